The number of rotatable bonds is 5. The third kappa shape index (κ3) is 4.30. The molecule has 2 aromatic carbocycles. The number of benzene rings is 2. The quantitative estimate of drug-likeness (QED) is 0.889. The van der Waals surface area contributed by atoms with Crippen molar-refractivity contribution in [3.63, 3.8) is 0 Å². The van der Waals surface area contributed by atoms with Crippen LogP contribution in [0.25, 0.3) is 0 Å². The van der Waals surface area contributed by atoms with Crippen LogP contribution < -0.4 is 10.6 Å². The van der Waals surface area contributed by atoms with Gasteiger partial charge < -0.3 is 10.6 Å². The second-order valence-electron chi connectivity index (χ2n) is 4.53. The molecule has 4 nitrogen and oxygen atoms in total. The first-order chi connectivity index (χ1) is 10.6. The molecular weight excluding hydrogens is 307 g/mol. The Balaban J connectivity index is 1.82. The van der Waals surface area contributed by atoms with Gasteiger partial charge in [0.15, 0.2) is 0 Å². The Morgan fingerprint density at radius 2 is 1.68 bits per heavy atom. The molecule has 2 amide bonds. The molecule has 6 heteroatoms. The molecule has 0 radical (unpaired) electrons. The summed E-state index contributed by atoms with van der Waals surface area (Å²) >= 11 is 5.89. The van der Waals surface area contributed by atoms with Gasteiger partial charge in [0, 0.05) is 12.1 Å². The van der Waals surface area contributed by atoms with Crippen LogP contribution in [-0.2, 0) is 11.3 Å². The smallest absolute Gasteiger partial charge is 0.253 e. The van der Waals surface area contributed by atoms with Crippen molar-refractivity contribution in [2.24, 2.45) is 0 Å². The summed E-state index contributed by atoms with van der Waals surface area (Å²) in [5.41, 5.74) is 0.680. The van der Waals surface area contributed by atoms with E-state index in [1.54, 1.807) is 42.5 Å². The van der Waals surface area contributed by atoms with Crippen molar-refractivity contribution >= 4 is 23.4 Å². The molecule has 0 saturated heterocycles. The van der Waals surface area contributed by atoms with Gasteiger partial charge in [-0.25, -0.2) is 4.39 Å². The van der Waals surface area contributed by atoms with Gasteiger partial charge in [0.1, 0.15) is 5.82 Å². The van der Waals surface area contributed by atoms with Crippen LogP contribution in [-0.4, -0.2) is 18.4 Å². The summed E-state index contributed by atoms with van der Waals surface area (Å²) in [6.45, 7) is -0.147. The summed E-state index contributed by atoms with van der Waals surface area (Å²) in [7, 11) is 0. The molecule has 0 aliphatic carbocycles. The molecule has 2 aromatic rings. The van der Waals surface area contributed by atoms with E-state index in [1.165, 1.54) is 6.07 Å². The molecule has 0 saturated carbocycles. The van der Waals surface area contributed by atoms with Crippen molar-refractivity contribution in [3.05, 3.63) is 70.5 Å². The molecule has 0 aliphatic heterocycles. The highest BCUT2D eigenvalue weighted by atomic mass is 35.5. The normalized spacial score (nSPS) is 10.1. The van der Waals surface area contributed by atoms with Crippen molar-refractivity contribution in [2.45, 2.75) is 6.54 Å². The number of nitrogens with one attached hydrogen (secondary N) is 2. The number of hydrogen-bond acceptors (Lipinski definition) is 2. The number of amides is 2. The van der Waals surface area contributed by atoms with Crippen LogP contribution in [0.3, 0.4) is 0 Å². The minimum absolute atomic E-state index is 0.0630. The lowest BCUT2D eigenvalue weighted by atomic mass is 10.2. The maximum absolute atomic E-state index is 13.4. The van der Waals surface area contributed by atoms with Gasteiger partial charge in [-0.3, -0.25) is 9.59 Å². The summed E-state index contributed by atoms with van der Waals surface area (Å²) < 4.78 is 13.4. The SMILES string of the molecule is O=C(CNC(=O)c1ccccc1Cl)NCc1ccccc1F. The van der Waals surface area contributed by atoms with E-state index in [2.05, 4.69) is 10.6 Å². The van der Waals surface area contributed by atoms with Crippen molar-refractivity contribution in [2.75, 3.05) is 6.54 Å². The fraction of sp³-hybridized carbons (Fsp3) is 0.125. The number of carbonyl (C=O) groups is 2. The van der Waals surface area contributed by atoms with Crippen LogP contribution in [0.5, 0.6) is 0 Å². The molecule has 0 aliphatic rings. The van der Waals surface area contributed by atoms with E-state index in [0.717, 1.165) is 0 Å². The molecule has 0 unspecified atom stereocenters. The van der Waals surface area contributed by atoms with Crippen LogP contribution in [0.15, 0.2) is 48.5 Å². The van der Waals surface area contributed by atoms with Gasteiger partial charge in [-0.1, -0.05) is 41.9 Å². The van der Waals surface area contributed by atoms with E-state index in [0.29, 0.717) is 16.1 Å². The fourth-order valence-corrected chi connectivity index (χ4v) is 2.02. The summed E-state index contributed by atoms with van der Waals surface area (Å²) in [6, 6.07) is 12.7. The average Bonchev–Trinajstić information content (AvgIpc) is 2.52. The zero-order valence-electron chi connectivity index (χ0n) is 11.6. The maximum Gasteiger partial charge on any atom is 0.253 e. The molecular formula is C16H14ClFN2O2. The van der Waals surface area contributed by atoms with E-state index >= 15 is 0 Å². The maximum atomic E-state index is 13.4. The van der Waals surface area contributed by atoms with Crippen LogP contribution in [0, 0.1) is 5.82 Å². The number of carbonyl (C=O) groups excluding carboxylic acids is 2. The number of hydrogen-bond donors (Lipinski definition) is 2. The lowest BCUT2D eigenvalue weighted by Crippen LogP contribution is -2.36. The second kappa shape index (κ2) is 7.56. The van der Waals surface area contributed by atoms with Gasteiger partial charge in [0.2, 0.25) is 5.91 Å². The van der Waals surface area contributed by atoms with Gasteiger partial charge in [0.25, 0.3) is 5.91 Å². The van der Waals surface area contributed by atoms with Crippen LogP contribution in [0.1, 0.15) is 15.9 Å². The summed E-state index contributed by atoms with van der Waals surface area (Å²) in [5, 5.41) is 5.31. The molecule has 2 N–H and O–H groups in total. The van der Waals surface area contributed by atoms with E-state index in [9.17, 15) is 14.0 Å². The minimum Gasteiger partial charge on any atom is -0.350 e. The first-order valence-corrected chi connectivity index (χ1v) is 6.98. The molecule has 22 heavy (non-hydrogen) atoms. The lowest BCUT2D eigenvalue weighted by Gasteiger charge is -2.08. The Kier molecular flexibility index (Phi) is 5.49. The zero-order valence-corrected chi connectivity index (χ0v) is 12.4. The molecule has 0 bridgehead atoms. The Morgan fingerprint density at radius 1 is 1.00 bits per heavy atom. The van der Waals surface area contributed by atoms with Crippen molar-refractivity contribution in [3.8, 4) is 0 Å². The Hall–Kier alpha value is -2.40. The third-order valence-corrected chi connectivity index (χ3v) is 3.29. The van der Waals surface area contributed by atoms with Crippen molar-refractivity contribution in [1.29, 1.82) is 0 Å². The Labute approximate surface area is 132 Å². The van der Waals surface area contributed by atoms with Crippen molar-refractivity contribution < 1.29 is 14.0 Å². The second-order valence-corrected chi connectivity index (χ2v) is 4.94. The lowest BCUT2D eigenvalue weighted by molar-refractivity contribution is -0.120. The van der Waals surface area contributed by atoms with E-state index in [4.69, 9.17) is 11.6 Å². The predicted octanol–water partition coefficient (Wildman–Crippen LogP) is 2.53. The Morgan fingerprint density at radius 3 is 2.41 bits per heavy atom. The fourth-order valence-electron chi connectivity index (χ4n) is 1.80. The van der Waals surface area contributed by atoms with Crippen LogP contribution in [0.2, 0.25) is 5.02 Å². The molecule has 2 rings (SSSR count). The molecule has 0 aromatic heterocycles. The molecule has 114 valence electrons. The standard InChI is InChI=1S/C16H14ClFN2O2/c17-13-7-3-2-6-12(13)16(22)20-10-15(21)19-9-11-5-1-4-8-14(11)18/h1-8H,9-10H2,(H,19,21)(H,20,22). The first kappa shape index (κ1) is 16.0. The highest BCUT2D eigenvalue weighted by Gasteiger charge is 2.11. The van der Waals surface area contributed by atoms with Crippen LogP contribution >= 0.6 is 11.6 Å². The molecule has 0 heterocycles. The van der Waals surface area contributed by atoms with Crippen molar-refractivity contribution in [1.82, 2.24) is 10.6 Å². The topological polar surface area (TPSA) is 58.2 Å². The highest BCUT2D eigenvalue weighted by Crippen LogP contribution is 2.14. The summed E-state index contributed by atoms with van der Waals surface area (Å²) in [5.74, 6) is -1.24. The van der Waals surface area contributed by atoms with Gasteiger partial charge in [0.05, 0.1) is 17.1 Å². The Bertz CT molecular complexity index is 691. The summed E-state index contributed by atoms with van der Waals surface area (Å²) in [6.07, 6.45) is 0. The van der Waals surface area contributed by atoms with Gasteiger partial charge in [-0.2, -0.15) is 0 Å². The first-order valence-electron chi connectivity index (χ1n) is 6.61. The monoisotopic (exact) mass is 320 g/mol. The predicted molar refractivity (Wildman–Crippen MR) is 82.0 cm³/mol. The number of halogens is 2. The molecule has 0 atom stereocenters. The minimum atomic E-state index is -0.438. The third-order valence-electron chi connectivity index (χ3n) is 2.96. The van der Waals surface area contributed by atoms with Gasteiger partial charge in [-0.05, 0) is 18.2 Å². The summed E-state index contributed by atoms with van der Waals surface area (Å²) in [4.78, 5) is 23.5. The largest absolute Gasteiger partial charge is 0.350 e. The molecule has 0 fully saturated rings. The highest BCUT2D eigenvalue weighted by molar-refractivity contribution is 6.33. The van der Waals surface area contributed by atoms with Crippen LogP contribution in [0.4, 0.5) is 4.39 Å². The average molecular weight is 321 g/mol. The van der Waals surface area contributed by atoms with Gasteiger partial charge >= 0.3 is 0 Å². The zero-order chi connectivity index (χ0) is 15.9. The molecule has 0 spiro atoms. The van der Waals surface area contributed by atoms with E-state index < -0.39 is 11.8 Å². The van der Waals surface area contributed by atoms with E-state index in [1.807, 2.05) is 0 Å². The van der Waals surface area contributed by atoms with Gasteiger partial charge in [-0.15, -0.1) is 0 Å². The van der Waals surface area contributed by atoms with E-state index in [-0.39, 0.29) is 18.9 Å².